The number of allylic oxidation sites excluding steroid dienone is 16. The van der Waals surface area contributed by atoms with Gasteiger partial charge in [0.05, 0.1) is 0 Å². The van der Waals surface area contributed by atoms with Gasteiger partial charge in [0.15, 0.2) is 6.10 Å². The average Bonchev–Trinajstić information content (AvgIpc) is 3.49. The molecule has 0 aliphatic rings. The van der Waals surface area contributed by atoms with Crippen molar-refractivity contribution in [3.8, 4) is 0 Å². The van der Waals surface area contributed by atoms with Gasteiger partial charge in [-0.2, -0.15) is 0 Å². The Morgan fingerprint density at radius 1 is 0.253 bits per heavy atom. The molecule has 1 atom stereocenters. The van der Waals surface area contributed by atoms with Crippen LogP contribution in [0.15, 0.2) is 97.2 Å². The molecule has 0 fully saturated rings. The van der Waals surface area contributed by atoms with Crippen LogP contribution in [0.1, 0.15) is 355 Å². The zero-order valence-corrected chi connectivity index (χ0v) is 54.9. The highest BCUT2D eigenvalue weighted by Crippen LogP contribution is 2.17. The second kappa shape index (κ2) is 70.8. The first-order valence-corrected chi connectivity index (χ1v) is 35.7. The van der Waals surface area contributed by atoms with Crippen molar-refractivity contribution < 1.29 is 28.6 Å². The number of hydrogen-bond acceptors (Lipinski definition) is 6. The summed E-state index contributed by atoms with van der Waals surface area (Å²) < 4.78 is 17.0. The van der Waals surface area contributed by atoms with Crippen LogP contribution in [-0.4, -0.2) is 37.2 Å². The fourth-order valence-electron chi connectivity index (χ4n) is 10.2. The molecule has 0 aromatic carbocycles. The number of esters is 3. The molecule has 0 aliphatic heterocycles. The largest absolute Gasteiger partial charge is 0.462 e. The van der Waals surface area contributed by atoms with Crippen molar-refractivity contribution in [2.75, 3.05) is 13.2 Å². The van der Waals surface area contributed by atoms with Crippen LogP contribution < -0.4 is 0 Å². The van der Waals surface area contributed by atoms with Gasteiger partial charge < -0.3 is 14.2 Å². The summed E-state index contributed by atoms with van der Waals surface area (Å²) in [5, 5.41) is 0. The van der Waals surface area contributed by atoms with E-state index >= 15 is 0 Å². The summed E-state index contributed by atoms with van der Waals surface area (Å²) in [5.74, 6) is -0.905. The number of carbonyl (C=O) groups is 3. The van der Waals surface area contributed by atoms with Gasteiger partial charge in [0.2, 0.25) is 0 Å². The number of rotatable bonds is 65. The topological polar surface area (TPSA) is 78.9 Å². The molecule has 0 amide bonds. The van der Waals surface area contributed by atoms with E-state index in [0.717, 1.165) is 103 Å². The lowest BCUT2D eigenvalue weighted by Crippen LogP contribution is -2.30. The number of unbranched alkanes of at least 4 members (excludes halogenated alkanes) is 38. The van der Waals surface area contributed by atoms with Gasteiger partial charge in [-0.1, -0.05) is 311 Å². The van der Waals surface area contributed by atoms with E-state index < -0.39 is 6.10 Å². The first-order valence-electron chi connectivity index (χ1n) is 35.7. The first-order chi connectivity index (χ1) is 41.0. The highest BCUT2D eigenvalue weighted by Gasteiger charge is 2.19. The van der Waals surface area contributed by atoms with E-state index in [4.69, 9.17) is 14.2 Å². The van der Waals surface area contributed by atoms with Gasteiger partial charge in [-0.25, -0.2) is 0 Å². The summed E-state index contributed by atoms with van der Waals surface area (Å²) >= 11 is 0. The molecule has 0 spiro atoms. The summed E-state index contributed by atoms with van der Waals surface area (Å²) in [7, 11) is 0. The van der Waals surface area contributed by atoms with Crippen LogP contribution in [0.4, 0.5) is 0 Å². The zero-order valence-electron chi connectivity index (χ0n) is 54.9. The maximum atomic E-state index is 13.0. The SMILES string of the molecule is CC/C=C\C/C=C\C/C=C\CCCCCC(=O)OCC(COC(=O)CCCCCCCCCCCCCCCC/C=C\C/C=C\C/C=C\CCCCCCC)OC(=O)CCCCCCCCCCCCC/C=C\C/C=C\CCCCCCC. The van der Waals surface area contributed by atoms with E-state index in [2.05, 4.69) is 118 Å². The third kappa shape index (κ3) is 69.0. The Bertz CT molecular complexity index is 1610. The third-order valence-electron chi connectivity index (χ3n) is 15.5. The van der Waals surface area contributed by atoms with Crippen molar-refractivity contribution in [1.82, 2.24) is 0 Å². The Hall–Kier alpha value is -3.67. The van der Waals surface area contributed by atoms with Gasteiger partial charge >= 0.3 is 17.9 Å². The molecule has 83 heavy (non-hydrogen) atoms. The molecule has 478 valence electrons. The summed E-state index contributed by atoms with van der Waals surface area (Å²) in [6.07, 6.45) is 95.8. The Labute approximate surface area is 515 Å². The van der Waals surface area contributed by atoms with Crippen molar-refractivity contribution in [3.63, 3.8) is 0 Å². The summed E-state index contributed by atoms with van der Waals surface area (Å²) in [6.45, 7) is 6.52. The maximum Gasteiger partial charge on any atom is 0.306 e. The highest BCUT2D eigenvalue weighted by atomic mass is 16.6. The molecule has 0 heterocycles. The zero-order chi connectivity index (χ0) is 59.9. The Kier molecular flexibility index (Phi) is 67.7. The van der Waals surface area contributed by atoms with Gasteiger partial charge in [-0.15, -0.1) is 0 Å². The number of hydrogen-bond donors (Lipinski definition) is 0. The molecule has 0 aromatic rings. The molecule has 0 bridgehead atoms. The minimum Gasteiger partial charge on any atom is -0.462 e. The molecular weight excluding hydrogens is 1020 g/mol. The van der Waals surface area contributed by atoms with Crippen LogP contribution in [0, 0.1) is 0 Å². The fraction of sp³-hybridized carbons (Fsp3) is 0.753. The van der Waals surface area contributed by atoms with Crippen LogP contribution in [-0.2, 0) is 28.6 Å². The molecule has 1 unspecified atom stereocenters. The summed E-state index contributed by atoms with van der Waals surface area (Å²) in [5.41, 5.74) is 0. The molecule has 0 aromatic heterocycles. The van der Waals surface area contributed by atoms with Crippen LogP contribution in [0.25, 0.3) is 0 Å². The first kappa shape index (κ1) is 79.3. The monoisotopic (exact) mass is 1160 g/mol. The average molecular weight is 1160 g/mol. The Morgan fingerprint density at radius 2 is 0.470 bits per heavy atom. The third-order valence-corrected chi connectivity index (χ3v) is 15.5. The van der Waals surface area contributed by atoms with E-state index in [1.165, 1.54) is 212 Å². The second-order valence-corrected chi connectivity index (χ2v) is 23.8. The van der Waals surface area contributed by atoms with E-state index in [9.17, 15) is 14.4 Å². The van der Waals surface area contributed by atoms with Crippen molar-refractivity contribution in [2.24, 2.45) is 0 Å². The van der Waals surface area contributed by atoms with Crippen molar-refractivity contribution in [3.05, 3.63) is 97.2 Å². The van der Waals surface area contributed by atoms with Gasteiger partial charge in [-0.3, -0.25) is 14.4 Å². The standard InChI is InChI=1S/C77H134O6/c1-4-7-10-13-16-19-22-25-27-29-31-33-35-36-37-38-39-40-42-43-45-47-49-52-55-58-61-64-67-70-76(79)82-73-74(72-81-75(78)69-66-63-60-57-54-51-24-21-18-15-12-9-6-3)83-77(80)71-68-65-62-59-56-53-50-48-46-44-41-34-32-30-28-26-23-20-17-14-11-8-5-2/h9,12,18,21-23,25-26,29-32,35-36,51,54,74H,4-8,10-11,13-17,19-20,24,27-28,33-34,37-50,52-53,55-73H2,1-3H3/b12-9-,21-18-,25-22-,26-23-,31-29-,32-30-,36-35-,54-51-. The molecule has 0 saturated carbocycles. The molecule has 0 rings (SSSR count). The lowest BCUT2D eigenvalue weighted by Gasteiger charge is -2.18. The lowest BCUT2D eigenvalue weighted by molar-refractivity contribution is -0.167. The van der Waals surface area contributed by atoms with E-state index in [-0.39, 0.29) is 31.1 Å². The summed E-state index contributed by atoms with van der Waals surface area (Å²) in [6, 6.07) is 0. The van der Waals surface area contributed by atoms with Crippen molar-refractivity contribution in [2.45, 2.75) is 361 Å². The number of ether oxygens (including phenoxy) is 3. The minimum atomic E-state index is -0.793. The molecular formula is C77H134O6. The van der Waals surface area contributed by atoms with Gasteiger partial charge in [0.25, 0.3) is 0 Å². The molecule has 0 aliphatic carbocycles. The van der Waals surface area contributed by atoms with E-state index in [0.29, 0.717) is 19.3 Å². The van der Waals surface area contributed by atoms with Crippen LogP contribution in [0.2, 0.25) is 0 Å². The van der Waals surface area contributed by atoms with Crippen molar-refractivity contribution >= 4 is 17.9 Å². The summed E-state index contributed by atoms with van der Waals surface area (Å²) in [4.78, 5) is 38.4. The van der Waals surface area contributed by atoms with Gasteiger partial charge in [-0.05, 0) is 122 Å². The normalized spacial score (nSPS) is 12.7. The van der Waals surface area contributed by atoms with Crippen LogP contribution >= 0.6 is 0 Å². The second-order valence-electron chi connectivity index (χ2n) is 23.8. The van der Waals surface area contributed by atoms with E-state index in [1.54, 1.807) is 0 Å². The smallest absolute Gasteiger partial charge is 0.306 e. The van der Waals surface area contributed by atoms with Crippen LogP contribution in [0.5, 0.6) is 0 Å². The Morgan fingerprint density at radius 3 is 0.747 bits per heavy atom. The predicted molar refractivity (Wildman–Crippen MR) is 362 cm³/mol. The Balaban J connectivity index is 4.26. The predicted octanol–water partition coefficient (Wildman–Crippen LogP) is 24.8. The molecule has 6 heteroatoms. The van der Waals surface area contributed by atoms with Crippen LogP contribution in [0.3, 0.4) is 0 Å². The fourth-order valence-corrected chi connectivity index (χ4v) is 10.2. The minimum absolute atomic E-state index is 0.0863. The molecule has 6 nitrogen and oxygen atoms in total. The molecule has 0 radical (unpaired) electrons. The molecule has 0 N–H and O–H groups in total. The highest BCUT2D eigenvalue weighted by molar-refractivity contribution is 5.71. The quantitative estimate of drug-likeness (QED) is 0.0261. The van der Waals surface area contributed by atoms with Gasteiger partial charge in [0.1, 0.15) is 13.2 Å². The van der Waals surface area contributed by atoms with Crippen molar-refractivity contribution in [1.29, 1.82) is 0 Å². The van der Waals surface area contributed by atoms with E-state index in [1.807, 2.05) is 0 Å². The lowest BCUT2D eigenvalue weighted by atomic mass is 10.0. The number of carbonyl (C=O) groups excluding carboxylic acids is 3. The molecule has 0 saturated heterocycles. The maximum absolute atomic E-state index is 13.0. The van der Waals surface area contributed by atoms with Gasteiger partial charge in [0, 0.05) is 19.3 Å².